The van der Waals surface area contributed by atoms with Crippen molar-refractivity contribution < 1.29 is 4.79 Å². The lowest BCUT2D eigenvalue weighted by Gasteiger charge is -2.15. The van der Waals surface area contributed by atoms with E-state index in [0.29, 0.717) is 17.0 Å². The molecule has 0 aliphatic carbocycles. The fraction of sp³-hybridized carbons (Fsp3) is 0.357. The largest absolute Gasteiger partial charge is 0.348 e. The molecule has 0 bridgehead atoms. The summed E-state index contributed by atoms with van der Waals surface area (Å²) in [6.07, 6.45) is 6.62. The molecule has 0 saturated heterocycles. The summed E-state index contributed by atoms with van der Waals surface area (Å²) in [6.45, 7) is 3.86. The molecule has 0 spiro atoms. The molecule has 3 heteroatoms. The van der Waals surface area contributed by atoms with Crippen LogP contribution in [-0.2, 0) is 0 Å². The van der Waals surface area contributed by atoms with Crippen LogP contribution in [0.5, 0.6) is 0 Å². The second-order valence-electron chi connectivity index (χ2n) is 3.95. The molecule has 1 aromatic rings. The first kappa shape index (κ1) is 13.6. The molecule has 0 radical (unpaired) electrons. The molecule has 0 aromatic heterocycles. The van der Waals surface area contributed by atoms with E-state index >= 15 is 0 Å². The summed E-state index contributed by atoms with van der Waals surface area (Å²) in [7, 11) is 0. The molecule has 0 aliphatic heterocycles. The lowest BCUT2D eigenvalue weighted by Crippen LogP contribution is -2.34. The minimum absolute atomic E-state index is 0.0302. The number of amides is 1. The summed E-state index contributed by atoms with van der Waals surface area (Å²) in [5.74, 6) is 2.47. The first-order chi connectivity index (χ1) is 8.08. The van der Waals surface area contributed by atoms with E-state index in [4.69, 9.17) is 18.0 Å². The minimum atomic E-state index is -0.0960. The number of rotatable bonds is 4. The van der Waals surface area contributed by atoms with Gasteiger partial charge in [0.25, 0.3) is 5.91 Å². The third-order valence-electron chi connectivity index (χ3n) is 2.63. The Morgan fingerprint density at radius 3 is 2.82 bits per heavy atom. The molecule has 90 valence electrons. The van der Waals surface area contributed by atoms with Crippen molar-refractivity contribution in [1.29, 1.82) is 0 Å². The predicted octanol–water partition coefficient (Wildman–Crippen LogP) is 3.18. The number of terminal acetylenes is 1. The molecule has 1 amide bonds. The molecule has 2 nitrogen and oxygen atoms in total. The van der Waals surface area contributed by atoms with Gasteiger partial charge in [-0.2, -0.15) is 0 Å². The Balaban J connectivity index is 2.79. The fourth-order valence-electron chi connectivity index (χ4n) is 1.58. The van der Waals surface area contributed by atoms with Crippen molar-refractivity contribution in [3.63, 3.8) is 0 Å². The second kappa shape index (κ2) is 6.32. The maximum absolute atomic E-state index is 12.0. The Hall–Kier alpha value is -1.46. The summed E-state index contributed by atoms with van der Waals surface area (Å²) >= 11 is 5.85. The van der Waals surface area contributed by atoms with Gasteiger partial charge in [0.05, 0.1) is 0 Å². The van der Waals surface area contributed by atoms with Crippen molar-refractivity contribution in [2.75, 3.05) is 0 Å². The Morgan fingerprint density at radius 2 is 2.29 bits per heavy atom. The highest BCUT2D eigenvalue weighted by molar-refractivity contribution is 6.30. The molecule has 1 atom stereocenters. The highest BCUT2D eigenvalue weighted by Gasteiger charge is 2.13. The maximum atomic E-state index is 12.0. The number of halogens is 1. The van der Waals surface area contributed by atoms with Gasteiger partial charge in [-0.15, -0.1) is 12.3 Å². The topological polar surface area (TPSA) is 29.1 Å². The van der Waals surface area contributed by atoms with Crippen LogP contribution in [0.1, 0.15) is 35.7 Å². The molecular formula is C14H16ClNO. The van der Waals surface area contributed by atoms with Crippen LogP contribution in [0.25, 0.3) is 0 Å². The van der Waals surface area contributed by atoms with Gasteiger partial charge >= 0.3 is 0 Å². The van der Waals surface area contributed by atoms with E-state index in [1.165, 1.54) is 0 Å². The average Bonchev–Trinajstić information content (AvgIpc) is 2.28. The molecular weight excluding hydrogens is 234 g/mol. The standard InChI is InChI=1S/C14H16ClNO/c1-4-6-12(5-2)16-14(17)13-8-7-11(15)9-10(13)3/h1,7-9,12H,5-6H2,2-3H3,(H,16,17). The number of benzene rings is 1. The third-order valence-corrected chi connectivity index (χ3v) is 2.86. The number of nitrogens with one attached hydrogen (secondary N) is 1. The number of aryl methyl sites for hydroxylation is 1. The van der Waals surface area contributed by atoms with Crippen molar-refractivity contribution in [2.45, 2.75) is 32.7 Å². The zero-order chi connectivity index (χ0) is 12.8. The van der Waals surface area contributed by atoms with Crippen LogP contribution in [0.4, 0.5) is 0 Å². The lowest BCUT2D eigenvalue weighted by atomic mass is 10.1. The van der Waals surface area contributed by atoms with E-state index in [1.807, 2.05) is 13.8 Å². The predicted molar refractivity (Wildman–Crippen MR) is 71.2 cm³/mol. The van der Waals surface area contributed by atoms with Gasteiger partial charge in [0.2, 0.25) is 0 Å². The van der Waals surface area contributed by atoms with Crippen molar-refractivity contribution >= 4 is 17.5 Å². The highest BCUT2D eigenvalue weighted by atomic mass is 35.5. The minimum Gasteiger partial charge on any atom is -0.348 e. The van der Waals surface area contributed by atoms with Crippen LogP contribution in [-0.4, -0.2) is 11.9 Å². The van der Waals surface area contributed by atoms with Crippen LogP contribution in [0.2, 0.25) is 5.02 Å². The van der Waals surface area contributed by atoms with Gasteiger partial charge in [-0.25, -0.2) is 0 Å². The normalized spacial score (nSPS) is 11.6. The number of carbonyl (C=O) groups excluding carboxylic acids is 1. The van der Waals surface area contributed by atoms with E-state index in [2.05, 4.69) is 11.2 Å². The van der Waals surface area contributed by atoms with Crippen LogP contribution in [0.3, 0.4) is 0 Å². The molecule has 0 heterocycles. The lowest BCUT2D eigenvalue weighted by molar-refractivity contribution is 0.0936. The second-order valence-corrected chi connectivity index (χ2v) is 4.38. The molecule has 1 N–H and O–H groups in total. The van der Waals surface area contributed by atoms with E-state index < -0.39 is 0 Å². The Morgan fingerprint density at radius 1 is 1.59 bits per heavy atom. The monoisotopic (exact) mass is 249 g/mol. The number of carbonyl (C=O) groups is 1. The number of hydrogen-bond donors (Lipinski definition) is 1. The van der Waals surface area contributed by atoms with Crippen LogP contribution < -0.4 is 5.32 Å². The molecule has 17 heavy (non-hydrogen) atoms. The summed E-state index contributed by atoms with van der Waals surface area (Å²) in [5.41, 5.74) is 1.51. The molecule has 1 aromatic carbocycles. The molecule has 1 unspecified atom stereocenters. The van der Waals surface area contributed by atoms with E-state index in [0.717, 1.165) is 12.0 Å². The van der Waals surface area contributed by atoms with Gasteiger partial charge < -0.3 is 5.32 Å². The van der Waals surface area contributed by atoms with Crippen LogP contribution >= 0.6 is 11.6 Å². The van der Waals surface area contributed by atoms with Gasteiger partial charge in [-0.3, -0.25) is 4.79 Å². The van der Waals surface area contributed by atoms with Gasteiger partial charge in [-0.1, -0.05) is 18.5 Å². The molecule has 0 aliphatic rings. The third kappa shape index (κ3) is 3.80. The van der Waals surface area contributed by atoms with Gasteiger partial charge in [0, 0.05) is 23.0 Å². The van der Waals surface area contributed by atoms with Gasteiger partial charge in [0.1, 0.15) is 0 Å². The SMILES string of the molecule is C#CCC(CC)NC(=O)c1ccc(Cl)cc1C. The summed E-state index contributed by atoms with van der Waals surface area (Å²) in [4.78, 5) is 12.0. The quantitative estimate of drug-likeness (QED) is 0.816. The van der Waals surface area contributed by atoms with Gasteiger partial charge in [0.15, 0.2) is 0 Å². The Kier molecular flexibility index (Phi) is 5.06. The zero-order valence-corrected chi connectivity index (χ0v) is 10.8. The summed E-state index contributed by atoms with van der Waals surface area (Å²) < 4.78 is 0. The van der Waals surface area contributed by atoms with Crippen LogP contribution in [0.15, 0.2) is 18.2 Å². The number of hydrogen-bond acceptors (Lipinski definition) is 1. The zero-order valence-electron chi connectivity index (χ0n) is 10.1. The Bertz CT molecular complexity index is 448. The first-order valence-corrected chi connectivity index (χ1v) is 5.96. The molecule has 0 saturated carbocycles. The van der Waals surface area contributed by atoms with E-state index in [9.17, 15) is 4.79 Å². The molecule has 0 fully saturated rings. The van der Waals surface area contributed by atoms with Gasteiger partial charge in [-0.05, 0) is 37.1 Å². The van der Waals surface area contributed by atoms with E-state index in [-0.39, 0.29) is 11.9 Å². The fourth-order valence-corrected chi connectivity index (χ4v) is 1.81. The van der Waals surface area contributed by atoms with Crippen molar-refractivity contribution in [3.05, 3.63) is 34.3 Å². The van der Waals surface area contributed by atoms with E-state index in [1.54, 1.807) is 18.2 Å². The Labute approximate surface area is 107 Å². The van der Waals surface area contributed by atoms with Crippen molar-refractivity contribution in [3.8, 4) is 12.3 Å². The van der Waals surface area contributed by atoms with Crippen molar-refractivity contribution in [2.24, 2.45) is 0 Å². The molecule has 1 rings (SSSR count). The average molecular weight is 250 g/mol. The highest BCUT2D eigenvalue weighted by Crippen LogP contribution is 2.15. The van der Waals surface area contributed by atoms with Crippen molar-refractivity contribution in [1.82, 2.24) is 5.32 Å². The maximum Gasteiger partial charge on any atom is 0.251 e. The van der Waals surface area contributed by atoms with Crippen LogP contribution in [0, 0.1) is 19.3 Å². The summed E-state index contributed by atoms with van der Waals surface area (Å²) in [6, 6.07) is 5.25. The smallest absolute Gasteiger partial charge is 0.251 e. The summed E-state index contributed by atoms with van der Waals surface area (Å²) in [5, 5.41) is 3.55. The first-order valence-electron chi connectivity index (χ1n) is 5.59.